The number of aromatic nitrogens is 3. The maximum Gasteiger partial charge on any atom is 0.152 e. The van der Waals surface area contributed by atoms with E-state index in [-0.39, 0.29) is 11.8 Å². The second-order valence-corrected chi connectivity index (χ2v) is 7.60. The lowest BCUT2D eigenvalue weighted by molar-refractivity contribution is -0.121. The van der Waals surface area contributed by atoms with Crippen molar-refractivity contribution in [3.05, 3.63) is 48.2 Å². The van der Waals surface area contributed by atoms with Crippen molar-refractivity contribution in [2.45, 2.75) is 26.3 Å². The summed E-state index contributed by atoms with van der Waals surface area (Å²) in [5.74, 6) is 1.17. The maximum absolute atomic E-state index is 12.6. The predicted molar refractivity (Wildman–Crippen MR) is 109 cm³/mol. The molecule has 28 heavy (non-hydrogen) atoms. The lowest BCUT2D eigenvalue weighted by Gasteiger charge is -2.32. The highest BCUT2D eigenvalue weighted by Crippen LogP contribution is 2.25. The van der Waals surface area contributed by atoms with Gasteiger partial charge in [-0.15, -0.1) is 0 Å². The average molecular weight is 378 g/mol. The van der Waals surface area contributed by atoms with E-state index < -0.39 is 0 Å². The maximum atomic E-state index is 12.6. The zero-order valence-electron chi connectivity index (χ0n) is 16.7. The minimum Gasteiger partial charge on any atom is -0.379 e. The lowest BCUT2D eigenvalue weighted by Crippen LogP contribution is -2.46. The molecule has 1 aliphatic rings. The highest BCUT2D eigenvalue weighted by molar-refractivity contribution is 5.88. The first-order valence-corrected chi connectivity index (χ1v) is 9.72. The van der Waals surface area contributed by atoms with Crippen LogP contribution in [0.15, 0.2) is 36.7 Å². The van der Waals surface area contributed by atoms with Crippen molar-refractivity contribution in [3.63, 3.8) is 0 Å². The van der Waals surface area contributed by atoms with Gasteiger partial charge < -0.3 is 9.30 Å². The third-order valence-corrected chi connectivity index (χ3v) is 5.56. The van der Waals surface area contributed by atoms with Gasteiger partial charge in [-0.3, -0.25) is 14.7 Å². The quantitative estimate of drug-likeness (QED) is 0.683. The Morgan fingerprint density at radius 2 is 2.07 bits per heavy atom. The number of benzene rings is 1. The van der Waals surface area contributed by atoms with Crippen molar-refractivity contribution < 1.29 is 9.53 Å². The van der Waals surface area contributed by atoms with E-state index in [1.807, 2.05) is 32.4 Å². The first-order valence-electron chi connectivity index (χ1n) is 9.72. The molecule has 2 aromatic heterocycles. The van der Waals surface area contributed by atoms with E-state index in [2.05, 4.69) is 44.6 Å². The molecule has 0 amide bonds. The van der Waals surface area contributed by atoms with Gasteiger partial charge in [0.1, 0.15) is 5.82 Å². The Morgan fingerprint density at radius 3 is 2.82 bits per heavy atom. The largest absolute Gasteiger partial charge is 0.379 e. The Hall–Kier alpha value is -2.57. The number of carbonyl (C=O) groups is 1. The number of Topliss-reactive ketones (excluding diaryl/α,β-unsaturated/α-hetero) is 1. The number of imidazole rings is 1. The van der Waals surface area contributed by atoms with Gasteiger partial charge in [0.15, 0.2) is 5.78 Å². The van der Waals surface area contributed by atoms with Gasteiger partial charge in [-0.05, 0) is 31.4 Å². The van der Waals surface area contributed by atoms with Gasteiger partial charge in [0.2, 0.25) is 0 Å². The molecule has 0 bridgehead atoms. The Labute approximate surface area is 165 Å². The number of aryl methyl sites for hydroxylation is 1. The fraction of sp³-hybridized carbons (Fsp3) is 0.409. The van der Waals surface area contributed by atoms with Crippen LogP contribution in [-0.2, 0) is 23.0 Å². The third-order valence-electron chi connectivity index (χ3n) is 5.56. The fourth-order valence-electron chi connectivity index (χ4n) is 3.69. The van der Waals surface area contributed by atoms with Crippen molar-refractivity contribution in [1.82, 2.24) is 19.4 Å². The first-order chi connectivity index (χ1) is 13.5. The average Bonchev–Trinajstić information content (AvgIpc) is 3.02. The van der Waals surface area contributed by atoms with Crippen LogP contribution in [-0.4, -0.2) is 57.6 Å². The second kappa shape index (κ2) is 7.81. The summed E-state index contributed by atoms with van der Waals surface area (Å²) in [4.78, 5) is 23.6. The number of hydrogen-bond donors (Lipinski definition) is 0. The van der Waals surface area contributed by atoms with Gasteiger partial charge in [0.05, 0.1) is 38.1 Å². The van der Waals surface area contributed by atoms with Crippen LogP contribution < -0.4 is 0 Å². The van der Waals surface area contributed by atoms with E-state index in [4.69, 9.17) is 4.74 Å². The van der Waals surface area contributed by atoms with Gasteiger partial charge >= 0.3 is 0 Å². The molecule has 1 saturated heterocycles. The fourth-order valence-corrected chi connectivity index (χ4v) is 3.69. The summed E-state index contributed by atoms with van der Waals surface area (Å²) >= 11 is 0. The highest BCUT2D eigenvalue weighted by Gasteiger charge is 2.21. The number of ether oxygens (including phenoxy) is 1. The number of fused-ring (bicyclic) bond motifs is 1. The Morgan fingerprint density at radius 1 is 1.21 bits per heavy atom. The number of morpholine rings is 1. The molecule has 0 saturated carbocycles. The molecule has 3 aromatic rings. The minimum absolute atomic E-state index is 0.194. The molecule has 0 aliphatic carbocycles. The van der Waals surface area contributed by atoms with Gasteiger partial charge in [-0.1, -0.05) is 12.1 Å². The van der Waals surface area contributed by atoms with Crippen LogP contribution in [0.4, 0.5) is 0 Å². The Bertz CT molecular complexity index is 1010. The van der Waals surface area contributed by atoms with Crippen LogP contribution in [0.3, 0.4) is 0 Å². The Kier molecular flexibility index (Phi) is 5.24. The van der Waals surface area contributed by atoms with E-state index in [1.54, 1.807) is 0 Å². The third kappa shape index (κ3) is 3.84. The number of hydrogen-bond acceptors (Lipinski definition) is 5. The Balaban J connectivity index is 1.53. The molecule has 0 radical (unpaired) electrons. The molecule has 6 nitrogen and oxygen atoms in total. The van der Waals surface area contributed by atoms with E-state index >= 15 is 0 Å². The van der Waals surface area contributed by atoms with E-state index in [0.717, 1.165) is 40.1 Å². The summed E-state index contributed by atoms with van der Waals surface area (Å²) in [5.41, 5.74) is 3.01. The molecular weight excluding hydrogens is 352 g/mol. The zero-order chi connectivity index (χ0) is 19.7. The monoisotopic (exact) mass is 378 g/mol. The summed E-state index contributed by atoms with van der Waals surface area (Å²) in [6, 6.07) is 8.62. The van der Waals surface area contributed by atoms with Crippen molar-refractivity contribution in [1.29, 1.82) is 0 Å². The molecular formula is C22H26N4O2. The van der Waals surface area contributed by atoms with E-state index in [9.17, 15) is 4.79 Å². The number of rotatable bonds is 5. The van der Waals surface area contributed by atoms with Crippen LogP contribution in [0, 0.1) is 6.92 Å². The van der Waals surface area contributed by atoms with Gasteiger partial charge in [-0.25, -0.2) is 4.98 Å². The molecule has 0 N–H and O–H groups in total. The molecule has 1 fully saturated rings. The van der Waals surface area contributed by atoms with E-state index in [1.165, 1.54) is 0 Å². The summed E-state index contributed by atoms with van der Waals surface area (Å²) in [7, 11) is 2.02. The van der Waals surface area contributed by atoms with Gasteiger partial charge in [0, 0.05) is 42.5 Å². The predicted octanol–water partition coefficient (Wildman–Crippen LogP) is 2.78. The number of ketones is 1. The molecule has 146 valence electrons. The SMILES string of the molecule is Cc1ncc(-c2ccc3cnc(CC(=O)CN4CCOC[C@@H]4C)cc3c2)n1C. The summed E-state index contributed by atoms with van der Waals surface area (Å²) in [5, 5.41) is 2.16. The van der Waals surface area contributed by atoms with Crippen LogP contribution in [0.1, 0.15) is 18.4 Å². The number of pyridine rings is 1. The second-order valence-electron chi connectivity index (χ2n) is 7.60. The highest BCUT2D eigenvalue weighted by atomic mass is 16.5. The number of carbonyl (C=O) groups excluding carboxylic acids is 1. The topological polar surface area (TPSA) is 60.3 Å². The van der Waals surface area contributed by atoms with Crippen LogP contribution in [0.5, 0.6) is 0 Å². The van der Waals surface area contributed by atoms with Crippen LogP contribution in [0.2, 0.25) is 0 Å². The van der Waals surface area contributed by atoms with Crippen molar-refractivity contribution >= 4 is 16.6 Å². The van der Waals surface area contributed by atoms with E-state index in [0.29, 0.717) is 26.2 Å². The van der Waals surface area contributed by atoms with Gasteiger partial charge in [-0.2, -0.15) is 0 Å². The normalized spacial score (nSPS) is 17.9. The molecule has 0 unspecified atom stereocenters. The zero-order valence-corrected chi connectivity index (χ0v) is 16.7. The minimum atomic E-state index is 0.194. The van der Waals surface area contributed by atoms with Crippen LogP contribution >= 0.6 is 0 Å². The molecule has 4 rings (SSSR count). The first kappa shape index (κ1) is 18.8. The summed E-state index contributed by atoms with van der Waals surface area (Å²) < 4.78 is 7.53. The van der Waals surface area contributed by atoms with Crippen molar-refractivity contribution in [2.75, 3.05) is 26.3 Å². The molecule has 1 aliphatic heterocycles. The molecule has 1 aromatic carbocycles. The standard InChI is InChI=1S/C22H26N4O2/c1-15-14-28-7-6-26(15)13-21(27)10-20-9-19-8-17(4-5-18(19)11-24-20)22-12-23-16(2)25(22)3/h4-5,8-9,11-12,15H,6-7,10,13-14H2,1-3H3/t15-/m0/s1. The van der Waals surface area contributed by atoms with Crippen molar-refractivity contribution in [3.8, 4) is 11.3 Å². The molecule has 1 atom stereocenters. The van der Waals surface area contributed by atoms with Gasteiger partial charge in [0.25, 0.3) is 0 Å². The lowest BCUT2D eigenvalue weighted by atomic mass is 10.0. The van der Waals surface area contributed by atoms with Crippen LogP contribution in [0.25, 0.3) is 22.0 Å². The van der Waals surface area contributed by atoms with Crippen molar-refractivity contribution in [2.24, 2.45) is 7.05 Å². The smallest absolute Gasteiger partial charge is 0.152 e. The summed E-state index contributed by atoms with van der Waals surface area (Å²) in [6.45, 7) is 6.75. The molecule has 6 heteroatoms. The number of nitrogens with zero attached hydrogens (tertiary/aromatic N) is 4. The molecule has 3 heterocycles. The molecule has 0 spiro atoms. The summed E-state index contributed by atoms with van der Waals surface area (Å²) in [6.07, 6.45) is 4.11.